The number of rotatable bonds is 4. The lowest BCUT2D eigenvalue weighted by atomic mass is 10.2. The van der Waals surface area contributed by atoms with Crippen molar-refractivity contribution in [2.45, 2.75) is 43.9 Å². The molecular weight excluding hydrogens is 223 g/mol. The van der Waals surface area contributed by atoms with Crippen LogP contribution in [-0.4, -0.2) is 40.4 Å². The third kappa shape index (κ3) is 2.35. The van der Waals surface area contributed by atoms with Gasteiger partial charge in [0.05, 0.1) is 19.3 Å². The Morgan fingerprint density at radius 3 is 3.06 bits per heavy atom. The molecule has 1 aliphatic heterocycles. The molecule has 4 nitrogen and oxygen atoms in total. The zero-order valence-corrected chi connectivity index (χ0v) is 9.68. The number of halogens is 1. The molecule has 2 fully saturated rings. The van der Waals surface area contributed by atoms with Gasteiger partial charge >= 0.3 is 0 Å². The van der Waals surface area contributed by atoms with Gasteiger partial charge in [0.15, 0.2) is 0 Å². The van der Waals surface area contributed by atoms with Crippen molar-refractivity contribution in [3.05, 3.63) is 17.8 Å². The van der Waals surface area contributed by atoms with Crippen molar-refractivity contribution < 1.29 is 13.9 Å². The minimum absolute atomic E-state index is 0.00336. The fraction of sp³-hybridized carbons (Fsp3) is 0.750. The number of aliphatic hydroxyl groups excluding tert-OH is 1. The van der Waals surface area contributed by atoms with E-state index in [1.165, 1.54) is 12.8 Å². The fourth-order valence-corrected chi connectivity index (χ4v) is 2.43. The van der Waals surface area contributed by atoms with Gasteiger partial charge in [0.2, 0.25) is 5.89 Å². The molecule has 3 rings (SSSR count). The van der Waals surface area contributed by atoms with Crippen molar-refractivity contribution in [3.63, 3.8) is 0 Å². The molecule has 0 bridgehead atoms. The lowest BCUT2D eigenvalue weighted by molar-refractivity contribution is 0.143. The maximum Gasteiger partial charge on any atom is 0.208 e. The van der Waals surface area contributed by atoms with Crippen molar-refractivity contribution in [1.29, 1.82) is 0 Å². The zero-order chi connectivity index (χ0) is 11.8. The van der Waals surface area contributed by atoms with Crippen LogP contribution in [0.15, 0.2) is 10.6 Å². The van der Waals surface area contributed by atoms with E-state index < -0.39 is 6.17 Å². The summed E-state index contributed by atoms with van der Waals surface area (Å²) in [6.45, 7) is 0.862. The Bertz CT molecular complexity index is 392. The van der Waals surface area contributed by atoms with Gasteiger partial charge < -0.3 is 9.52 Å². The molecule has 1 saturated carbocycles. The molecule has 0 radical (unpaired) electrons. The molecule has 0 unspecified atom stereocenters. The summed E-state index contributed by atoms with van der Waals surface area (Å²) in [7, 11) is 0. The van der Waals surface area contributed by atoms with Gasteiger partial charge in [0.25, 0.3) is 0 Å². The average molecular weight is 240 g/mol. The highest BCUT2D eigenvalue weighted by atomic mass is 19.1. The number of alkyl halides is 1. The maximum atomic E-state index is 13.3. The first kappa shape index (κ1) is 11.2. The molecule has 1 aromatic heterocycles. The van der Waals surface area contributed by atoms with Gasteiger partial charge in [-0.25, -0.2) is 9.37 Å². The summed E-state index contributed by atoms with van der Waals surface area (Å²) in [4.78, 5) is 6.13. The number of likely N-dealkylation sites (tertiary alicyclic amines) is 1. The third-order valence-corrected chi connectivity index (χ3v) is 3.58. The summed E-state index contributed by atoms with van der Waals surface area (Å²) >= 11 is 0. The van der Waals surface area contributed by atoms with Gasteiger partial charge in [0.1, 0.15) is 11.9 Å². The summed E-state index contributed by atoms with van der Waals surface area (Å²) in [6.07, 6.45) is 3.72. The van der Waals surface area contributed by atoms with Crippen LogP contribution in [-0.2, 0) is 6.54 Å². The first-order valence-electron chi connectivity index (χ1n) is 6.20. The molecule has 2 aliphatic rings. The highest BCUT2D eigenvalue weighted by Crippen LogP contribution is 2.40. The van der Waals surface area contributed by atoms with E-state index in [0.29, 0.717) is 31.3 Å². The highest BCUT2D eigenvalue weighted by molar-refractivity contribution is 5.08. The Hall–Kier alpha value is -0.940. The van der Waals surface area contributed by atoms with E-state index in [1.807, 2.05) is 4.90 Å². The van der Waals surface area contributed by atoms with E-state index in [2.05, 4.69) is 4.98 Å². The first-order valence-corrected chi connectivity index (χ1v) is 6.20. The number of aliphatic hydroxyl groups is 1. The van der Waals surface area contributed by atoms with Crippen molar-refractivity contribution in [1.82, 2.24) is 9.88 Å². The van der Waals surface area contributed by atoms with E-state index >= 15 is 0 Å². The van der Waals surface area contributed by atoms with Crippen LogP contribution >= 0.6 is 0 Å². The molecule has 0 spiro atoms. The van der Waals surface area contributed by atoms with E-state index in [9.17, 15) is 9.50 Å². The Morgan fingerprint density at radius 1 is 1.53 bits per heavy atom. The second-order valence-corrected chi connectivity index (χ2v) is 5.03. The van der Waals surface area contributed by atoms with Crippen LogP contribution in [0, 0.1) is 0 Å². The van der Waals surface area contributed by atoms with E-state index in [0.717, 1.165) is 5.76 Å². The SMILES string of the molecule is OC[C@@H]1C[C@H](F)CN1Cc1ncc(C2CC2)o1. The van der Waals surface area contributed by atoms with Crippen LogP contribution in [0.3, 0.4) is 0 Å². The molecule has 1 saturated heterocycles. The second-order valence-electron chi connectivity index (χ2n) is 5.03. The molecule has 1 N–H and O–H groups in total. The molecule has 2 atom stereocenters. The standard InChI is InChI=1S/C12H17FN2O2/c13-9-3-10(7-16)15(5-9)6-12-14-4-11(17-12)8-1-2-8/h4,8-10,16H,1-3,5-7H2/t9-,10-/m0/s1. The normalized spacial score (nSPS) is 30.0. The number of hydrogen-bond donors (Lipinski definition) is 1. The number of aromatic nitrogens is 1. The minimum Gasteiger partial charge on any atom is -0.444 e. The number of hydrogen-bond acceptors (Lipinski definition) is 4. The van der Waals surface area contributed by atoms with Crippen LogP contribution in [0.4, 0.5) is 4.39 Å². The summed E-state index contributed by atoms with van der Waals surface area (Å²) in [5.74, 6) is 2.15. The van der Waals surface area contributed by atoms with Crippen LogP contribution in [0.5, 0.6) is 0 Å². The lowest BCUT2D eigenvalue weighted by Gasteiger charge is -2.19. The smallest absolute Gasteiger partial charge is 0.208 e. The van der Waals surface area contributed by atoms with Gasteiger partial charge in [-0.15, -0.1) is 0 Å². The van der Waals surface area contributed by atoms with Crippen molar-refractivity contribution in [2.24, 2.45) is 0 Å². The van der Waals surface area contributed by atoms with Crippen molar-refractivity contribution >= 4 is 0 Å². The molecule has 0 amide bonds. The zero-order valence-electron chi connectivity index (χ0n) is 9.68. The molecule has 1 aliphatic carbocycles. The predicted molar refractivity (Wildman–Crippen MR) is 59.3 cm³/mol. The Balaban J connectivity index is 1.64. The number of oxazole rings is 1. The molecule has 94 valence electrons. The topological polar surface area (TPSA) is 49.5 Å². The van der Waals surface area contributed by atoms with Crippen molar-refractivity contribution in [2.75, 3.05) is 13.2 Å². The summed E-state index contributed by atoms with van der Waals surface area (Å²) in [6, 6.07) is -0.0960. The van der Waals surface area contributed by atoms with Crippen LogP contribution in [0.25, 0.3) is 0 Å². The van der Waals surface area contributed by atoms with Gasteiger partial charge in [-0.3, -0.25) is 4.90 Å². The van der Waals surface area contributed by atoms with Gasteiger partial charge in [-0.1, -0.05) is 0 Å². The third-order valence-electron chi connectivity index (χ3n) is 3.58. The van der Waals surface area contributed by atoms with Gasteiger partial charge in [-0.2, -0.15) is 0 Å². The number of nitrogens with zero attached hydrogens (tertiary/aromatic N) is 2. The monoisotopic (exact) mass is 240 g/mol. The van der Waals surface area contributed by atoms with Crippen LogP contribution < -0.4 is 0 Å². The summed E-state index contributed by atoms with van der Waals surface area (Å²) in [5.41, 5.74) is 0. The lowest BCUT2D eigenvalue weighted by Crippen LogP contribution is -2.31. The summed E-state index contributed by atoms with van der Waals surface area (Å²) in [5, 5.41) is 9.18. The van der Waals surface area contributed by atoms with E-state index in [-0.39, 0.29) is 12.6 Å². The second kappa shape index (κ2) is 4.38. The van der Waals surface area contributed by atoms with E-state index in [4.69, 9.17) is 4.42 Å². The first-order chi connectivity index (χ1) is 8.26. The molecule has 2 heterocycles. The van der Waals surface area contributed by atoms with Crippen molar-refractivity contribution in [3.8, 4) is 0 Å². The minimum atomic E-state index is -0.843. The Labute approximate surface area is 99.4 Å². The van der Waals surface area contributed by atoms with Crippen LogP contribution in [0.1, 0.15) is 36.8 Å². The summed E-state index contributed by atoms with van der Waals surface area (Å²) < 4.78 is 18.9. The Morgan fingerprint density at radius 2 is 2.35 bits per heavy atom. The van der Waals surface area contributed by atoms with Crippen LogP contribution in [0.2, 0.25) is 0 Å². The molecule has 17 heavy (non-hydrogen) atoms. The van der Waals surface area contributed by atoms with Gasteiger partial charge in [-0.05, 0) is 19.3 Å². The average Bonchev–Trinajstić information content (AvgIpc) is 2.96. The fourth-order valence-electron chi connectivity index (χ4n) is 2.43. The highest BCUT2D eigenvalue weighted by Gasteiger charge is 2.33. The predicted octanol–water partition coefficient (Wildman–Crippen LogP) is 1.46. The Kier molecular flexibility index (Phi) is 2.88. The van der Waals surface area contributed by atoms with E-state index in [1.54, 1.807) is 6.20 Å². The molecular formula is C12H17FN2O2. The molecule has 5 heteroatoms. The quantitative estimate of drug-likeness (QED) is 0.865. The maximum absolute atomic E-state index is 13.3. The molecule has 0 aromatic carbocycles. The largest absolute Gasteiger partial charge is 0.444 e. The van der Waals surface area contributed by atoms with Gasteiger partial charge in [0, 0.05) is 18.5 Å². The molecule has 1 aromatic rings.